The zero-order valence-electron chi connectivity index (χ0n) is 12.1. The van der Waals surface area contributed by atoms with E-state index in [1.165, 1.54) is 11.8 Å². The van der Waals surface area contributed by atoms with Gasteiger partial charge in [-0.25, -0.2) is 0 Å². The summed E-state index contributed by atoms with van der Waals surface area (Å²) < 4.78 is 0. The molecule has 1 fully saturated rings. The van der Waals surface area contributed by atoms with Crippen LogP contribution in [0.5, 0.6) is 0 Å². The molecule has 0 aromatic heterocycles. The van der Waals surface area contributed by atoms with Crippen molar-refractivity contribution in [3.05, 3.63) is 24.3 Å². The number of nitrogens with one attached hydrogen (secondary N) is 1. The van der Waals surface area contributed by atoms with Crippen LogP contribution in [0.2, 0.25) is 0 Å². The Bertz CT molecular complexity index is 549. The molecule has 2 unspecified atom stereocenters. The van der Waals surface area contributed by atoms with Crippen LogP contribution in [-0.2, 0) is 9.59 Å². The normalized spacial score (nSPS) is 24.8. The van der Waals surface area contributed by atoms with E-state index in [9.17, 15) is 9.59 Å². The Kier molecular flexibility index (Phi) is 4.90. The van der Waals surface area contributed by atoms with E-state index >= 15 is 0 Å². The van der Waals surface area contributed by atoms with Crippen molar-refractivity contribution in [1.82, 2.24) is 0 Å². The van der Waals surface area contributed by atoms with Crippen molar-refractivity contribution in [3.8, 4) is 0 Å². The van der Waals surface area contributed by atoms with Gasteiger partial charge in [0.1, 0.15) is 0 Å². The number of hydrogen-bond acceptors (Lipinski definition) is 4. The lowest BCUT2D eigenvalue weighted by Gasteiger charge is -2.28. The number of thioether (sulfide) groups is 1. The van der Waals surface area contributed by atoms with E-state index in [1.807, 2.05) is 31.2 Å². The minimum atomic E-state index is -0.526. The van der Waals surface area contributed by atoms with Crippen molar-refractivity contribution in [2.24, 2.45) is 16.9 Å². The molecule has 0 bridgehead atoms. The Hall–Kier alpha value is -1.53. The van der Waals surface area contributed by atoms with Crippen molar-refractivity contribution in [3.63, 3.8) is 0 Å². The van der Waals surface area contributed by atoms with Gasteiger partial charge in [-0.3, -0.25) is 9.59 Å². The molecule has 2 rings (SSSR count). The number of anilines is 1. The fourth-order valence-corrected chi connectivity index (χ4v) is 3.33. The van der Waals surface area contributed by atoms with Crippen LogP contribution in [-0.4, -0.2) is 23.6 Å². The zero-order valence-corrected chi connectivity index (χ0v) is 12.9. The van der Waals surface area contributed by atoms with Crippen molar-refractivity contribution >= 4 is 29.3 Å². The summed E-state index contributed by atoms with van der Waals surface area (Å²) in [5.74, 6) is -0.255. The highest BCUT2D eigenvalue weighted by atomic mass is 32.2. The van der Waals surface area contributed by atoms with Crippen LogP contribution in [0.1, 0.15) is 26.2 Å². The van der Waals surface area contributed by atoms with E-state index < -0.39 is 5.41 Å². The molecule has 0 spiro atoms. The molecule has 1 aliphatic carbocycles. The van der Waals surface area contributed by atoms with Gasteiger partial charge >= 0.3 is 0 Å². The van der Waals surface area contributed by atoms with Gasteiger partial charge in [-0.1, -0.05) is 18.6 Å². The Morgan fingerprint density at radius 1 is 1.43 bits per heavy atom. The monoisotopic (exact) mass is 307 g/mol. The molecule has 0 aliphatic heterocycles. The van der Waals surface area contributed by atoms with Crippen LogP contribution in [0.4, 0.5) is 5.69 Å². The maximum Gasteiger partial charge on any atom is 0.231 e. The molecule has 1 aromatic rings. The first-order chi connectivity index (χ1) is 9.93. The van der Waals surface area contributed by atoms with E-state index in [0.717, 1.165) is 24.2 Å². The third-order valence-electron chi connectivity index (χ3n) is 4.05. The van der Waals surface area contributed by atoms with Gasteiger partial charge in [0, 0.05) is 10.9 Å². The average Bonchev–Trinajstić information content (AvgIpc) is 2.79. The second-order valence-corrected chi connectivity index (χ2v) is 6.64. The fourth-order valence-electron chi connectivity index (χ4n) is 2.58. The molecule has 5 nitrogen and oxygen atoms in total. The van der Waals surface area contributed by atoms with E-state index in [4.69, 9.17) is 11.5 Å². The molecule has 5 N–H and O–H groups in total. The van der Waals surface area contributed by atoms with Crippen LogP contribution < -0.4 is 16.8 Å². The van der Waals surface area contributed by atoms with Gasteiger partial charge in [0.2, 0.25) is 11.8 Å². The Morgan fingerprint density at radius 2 is 2.14 bits per heavy atom. The predicted octanol–water partition coefficient (Wildman–Crippen LogP) is 1.72. The van der Waals surface area contributed by atoms with E-state index in [1.54, 1.807) is 0 Å². The number of hydrogen-bond donors (Lipinski definition) is 3. The van der Waals surface area contributed by atoms with Gasteiger partial charge in [0.25, 0.3) is 0 Å². The first kappa shape index (κ1) is 15.9. The van der Waals surface area contributed by atoms with Gasteiger partial charge in [0.05, 0.1) is 16.9 Å². The van der Waals surface area contributed by atoms with Gasteiger partial charge in [-0.2, -0.15) is 0 Å². The summed E-state index contributed by atoms with van der Waals surface area (Å²) in [6.07, 6.45) is 2.65. The van der Waals surface area contributed by atoms with Crippen LogP contribution >= 0.6 is 11.8 Å². The van der Waals surface area contributed by atoms with E-state index in [-0.39, 0.29) is 23.6 Å². The van der Waals surface area contributed by atoms with Gasteiger partial charge in [0.15, 0.2) is 0 Å². The molecule has 0 heterocycles. The lowest BCUT2D eigenvalue weighted by Crippen LogP contribution is -2.44. The molecule has 1 aromatic carbocycles. The number of benzene rings is 1. The Labute approximate surface area is 128 Å². The smallest absolute Gasteiger partial charge is 0.231 e. The zero-order chi connectivity index (χ0) is 15.5. The number of carbonyl (C=O) groups is 2. The third kappa shape index (κ3) is 3.57. The topological polar surface area (TPSA) is 98.2 Å². The number of primary amides is 1. The van der Waals surface area contributed by atoms with E-state index in [2.05, 4.69) is 5.32 Å². The quantitative estimate of drug-likeness (QED) is 0.721. The molecular weight excluding hydrogens is 286 g/mol. The minimum absolute atomic E-state index is 0.0559. The highest BCUT2D eigenvalue weighted by Gasteiger charge is 2.43. The maximum absolute atomic E-state index is 12.5. The lowest BCUT2D eigenvalue weighted by molar-refractivity contribution is -0.125. The minimum Gasteiger partial charge on any atom is -0.369 e. The summed E-state index contributed by atoms with van der Waals surface area (Å²) in [6.45, 7) is 1.92. The summed E-state index contributed by atoms with van der Waals surface area (Å²) in [6, 6.07) is 7.29. The molecule has 0 radical (unpaired) electrons. The molecule has 114 valence electrons. The maximum atomic E-state index is 12.5. The molecule has 1 saturated carbocycles. The van der Waals surface area contributed by atoms with Crippen molar-refractivity contribution < 1.29 is 9.59 Å². The summed E-state index contributed by atoms with van der Waals surface area (Å²) in [5, 5.41) is 2.96. The van der Waals surface area contributed by atoms with Gasteiger partial charge in [-0.05, 0) is 31.9 Å². The second-order valence-electron chi connectivity index (χ2n) is 5.62. The molecule has 6 heteroatoms. The standard InChI is InChI=1S/C15H21N3O2S/c1-15(8-4-7-12(15)16)14(20)18-10-5-2-3-6-11(10)21-9-13(17)19/h2-3,5-6,12H,4,7-9,16H2,1H3,(H2,17,19)(H,18,20). The number of amides is 2. The first-order valence-electron chi connectivity index (χ1n) is 7.00. The highest BCUT2D eigenvalue weighted by molar-refractivity contribution is 8.00. The summed E-state index contributed by atoms with van der Waals surface area (Å²) in [5.41, 5.74) is 11.4. The van der Waals surface area contributed by atoms with Crippen LogP contribution in [0.3, 0.4) is 0 Å². The molecule has 0 saturated heterocycles. The SMILES string of the molecule is CC1(C(=O)Nc2ccccc2SCC(N)=O)CCCC1N. The Balaban J connectivity index is 2.12. The predicted molar refractivity (Wildman–Crippen MR) is 84.9 cm³/mol. The van der Waals surface area contributed by atoms with E-state index in [0.29, 0.717) is 5.69 Å². The fraction of sp³-hybridized carbons (Fsp3) is 0.467. The van der Waals surface area contributed by atoms with Crippen LogP contribution in [0.15, 0.2) is 29.2 Å². The average molecular weight is 307 g/mol. The summed E-state index contributed by atoms with van der Waals surface area (Å²) in [7, 11) is 0. The molecule has 2 amide bonds. The summed E-state index contributed by atoms with van der Waals surface area (Å²) >= 11 is 1.32. The Morgan fingerprint density at radius 3 is 2.76 bits per heavy atom. The molecular formula is C15H21N3O2S. The van der Waals surface area contributed by atoms with Crippen molar-refractivity contribution in [1.29, 1.82) is 0 Å². The summed E-state index contributed by atoms with van der Waals surface area (Å²) in [4.78, 5) is 24.3. The molecule has 1 aliphatic rings. The van der Waals surface area contributed by atoms with Crippen LogP contribution in [0, 0.1) is 5.41 Å². The number of nitrogens with two attached hydrogens (primary N) is 2. The second kappa shape index (κ2) is 6.49. The molecule has 2 atom stereocenters. The van der Waals surface area contributed by atoms with Gasteiger partial charge in [-0.15, -0.1) is 11.8 Å². The third-order valence-corrected chi connectivity index (χ3v) is 5.15. The lowest BCUT2D eigenvalue weighted by atomic mass is 9.84. The number of para-hydroxylation sites is 1. The first-order valence-corrected chi connectivity index (χ1v) is 7.99. The van der Waals surface area contributed by atoms with Gasteiger partial charge < -0.3 is 16.8 Å². The van der Waals surface area contributed by atoms with Crippen molar-refractivity contribution in [2.75, 3.05) is 11.1 Å². The number of rotatable bonds is 5. The number of carbonyl (C=O) groups excluding carboxylic acids is 2. The van der Waals surface area contributed by atoms with Crippen LogP contribution in [0.25, 0.3) is 0 Å². The van der Waals surface area contributed by atoms with Crippen molar-refractivity contribution in [2.45, 2.75) is 37.1 Å². The highest BCUT2D eigenvalue weighted by Crippen LogP contribution is 2.38. The largest absolute Gasteiger partial charge is 0.369 e. The molecule has 21 heavy (non-hydrogen) atoms.